The van der Waals surface area contributed by atoms with Gasteiger partial charge in [-0.3, -0.25) is 4.79 Å². The fourth-order valence-electron chi connectivity index (χ4n) is 3.02. The molecule has 2 aromatic carbocycles. The van der Waals surface area contributed by atoms with E-state index >= 15 is 0 Å². The normalized spacial score (nSPS) is 11.7. The summed E-state index contributed by atoms with van der Waals surface area (Å²) in [5.41, 5.74) is 8.92. The summed E-state index contributed by atoms with van der Waals surface area (Å²) in [4.78, 5) is 15.8. The first-order valence-corrected chi connectivity index (χ1v) is 10.3. The average Bonchev–Trinajstić information content (AvgIpc) is 2.72. The summed E-state index contributed by atoms with van der Waals surface area (Å²) in [5, 5.41) is 0. The third kappa shape index (κ3) is 5.87. The van der Waals surface area contributed by atoms with E-state index in [9.17, 15) is 9.18 Å². The van der Waals surface area contributed by atoms with E-state index in [1.54, 1.807) is 13.0 Å². The highest BCUT2D eigenvalue weighted by Gasteiger charge is 2.17. The Morgan fingerprint density at radius 3 is 2.63 bits per heavy atom. The molecule has 3 aromatic rings. The van der Waals surface area contributed by atoms with Crippen LogP contribution in [0.25, 0.3) is 11.1 Å². The number of carbonyl (C=O) groups is 1. The van der Waals surface area contributed by atoms with E-state index in [0.717, 1.165) is 16.7 Å². The standard InChI is InChI=1S/C23H22BrFN2O3/c1-2-29-22(28)13-19(26)11-17-10-16(15-6-4-3-5-7-15)8-9-21(17)30-23-20(25)12-18(24)14-27-23/h3-10,12,14,19H,2,11,13,26H2,1H3. The Hall–Kier alpha value is -2.77. The van der Waals surface area contributed by atoms with Crippen molar-refractivity contribution >= 4 is 21.9 Å². The molecule has 1 atom stereocenters. The average molecular weight is 473 g/mol. The summed E-state index contributed by atoms with van der Waals surface area (Å²) in [7, 11) is 0. The monoisotopic (exact) mass is 472 g/mol. The van der Waals surface area contributed by atoms with Crippen LogP contribution < -0.4 is 10.5 Å². The molecule has 2 N–H and O–H groups in total. The molecular weight excluding hydrogens is 451 g/mol. The van der Waals surface area contributed by atoms with Crippen molar-refractivity contribution in [2.45, 2.75) is 25.8 Å². The van der Waals surface area contributed by atoms with Gasteiger partial charge in [0, 0.05) is 16.7 Å². The lowest BCUT2D eigenvalue weighted by atomic mass is 9.97. The van der Waals surface area contributed by atoms with E-state index in [-0.39, 0.29) is 18.3 Å². The van der Waals surface area contributed by atoms with Gasteiger partial charge >= 0.3 is 5.97 Å². The van der Waals surface area contributed by atoms with E-state index in [1.807, 2.05) is 42.5 Å². The molecule has 0 saturated carbocycles. The summed E-state index contributed by atoms with van der Waals surface area (Å²) >= 11 is 3.18. The van der Waals surface area contributed by atoms with Crippen molar-refractivity contribution < 1.29 is 18.7 Å². The highest BCUT2D eigenvalue weighted by Crippen LogP contribution is 2.32. The molecule has 0 aliphatic heterocycles. The van der Waals surface area contributed by atoms with Crippen molar-refractivity contribution in [3.05, 3.63) is 76.6 Å². The quantitative estimate of drug-likeness (QED) is 0.452. The Morgan fingerprint density at radius 2 is 1.93 bits per heavy atom. The van der Waals surface area contributed by atoms with Gasteiger partial charge in [-0.25, -0.2) is 9.37 Å². The summed E-state index contributed by atoms with van der Waals surface area (Å²) < 4.78 is 25.5. The number of hydrogen-bond donors (Lipinski definition) is 1. The first-order valence-electron chi connectivity index (χ1n) is 9.54. The van der Waals surface area contributed by atoms with Gasteiger partial charge in [-0.15, -0.1) is 0 Å². The van der Waals surface area contributed by atoms with Gasteiger partial charge in [0.2, 0.25) is 0 Å². The van der Waals surface area contributed by atoms with Crippen LogP contribution in [0.15, 0.2) is 65.3 Å². The predicted octanol–water partition coefficient (Wildman–Crippen LogP) is 5.27. The third-order valence-electron chi connectivity index (χ3n) is 4.36. The zero-order valence-corrected chi connectivity index (χ0v) is 18.1. The molecule has 1 heterocycles. The molecule has 1 aromatic heterocycles. The zero-order valence-electron chi connectivity index (χ0n) is 16.5. The lowest BCUT2D eigenvalue weighted by Gasteiger charge is -2.16. The van der Waals surface area contributed by atoms with Crippen LogP contribution in [0.1, 0.15) is 18.9 Å². The lowest BCUT2D eigenvalue weighted by molar-refractivity contribution is -0.143. The predicted molar refractivity (Wildman–Crippen MR) is 117 cm³/mol. The Balaban J connectivity index is 1.91. The molecular formula is C23H22BrFN2O3. The van der Waals surface area contributed by atoms with Gasteiger partial charge in [0.05, 0.1) is 13.0 Å². The van der Waals surface area contributed by atoms with E-state index in [1.165, 1.54) is 12.3 Å². The Labute approximate surface area is 183 Å². The van der Waals surface area contributed by atoms with Crippen LogP contribution in [0.4, 0.5) is 4.39 Å². The number of ether oxygens (including phenoxy) is 2. The van der Waals surface area contributed by atoms with Crippen LogP contribution in [0.3, 0.4) is 0 Å². The first-order chi connectivity index (χ1) is 14.5. The zero-order chi connectivity index (χ0) is 21.5. The Bertz CT molecular complexity index is 1010. The Kier molecular flexibility index (Phi) is 7.54. The topological polar surface area (TPSA) is 74.4 Å². The molecule has 7 heteroatoms. The number of halogens is 2. The van der Waals surface area contributed by atoms with Crippen LogP contribution in [0, 0.1) is 5.82 Å². The van der Waals surface area contributed by atoms with Crippen molar-refractivity contribution in [3.8, 4) is 22.8 Å². The summed E-state index contributed by atoms with van der Waals surface area (Å²) in [6, 6.07) is 16.2. The number of pyridine rings is 1. The van der Waals surface area contributed by atoms with E-state index < -0.39 is 11.9 Å². The van der Waals surface area contributed by atoms with E-state index in [0.29, 0.717) is 23.2 Å². The van der Waals surface area contributed by atoms with Gasteiger partial charge < -0.3 is 15.2 Å². The number of aromatic nitrogens is 1. The van der Waals surface area contributed by atoms with Gasteiger partial charge in [-0.05, 0) is 64.2 Å². The molecule has 0 amide bonds. The molecule has 156 valence electrons. The second-order valence-corrected chi connectivity index (χ2v) is 7.62. The largest absolute Gasteiger partial charge is 0.466 e. The smallest absolute Gasteiger partial charge is 0.307 e. The van der Waals surface area contributed by atoms with Crippen LogP contribution in [0.5, 0.6) is 11.6 Å². The maximum absolute atomic E-state index is 14.2. The molecule has 0 aliphatic rings. The number of nitrogens with zero attached hydrogens (tertiary/aromatic N) is 1. The number of rotatable bonds is 8. The highest BCUT2D eigenvalue weighted by molar-refractivity contribution is 9.10. The summed E-state index contributed by atoms with van der Waals surface area (Å²) in [6.45, 7) is 2.05. The van der Waals surface area contributed by atoms with Crippen LogP contribution in [0.2, 0.25) is 0 Å². The summed E-state index contributed by atoms with van der Waals surface area (Å²) in [5.74, 6) is -0.640. The fraction of sp³-hybridized carbons (Fsp3) is 0.217. The number of carbonyl (C=O) groups excluding carboxylic acids is 1. The first kappa shape index (κ1) is 21.9. The van der Waals surface area contributed by atoms with Crippen LogP contribution >= 0.6 is 15.9 Å². The van der Waals surface area contributed by atoms with E-state index in [2.05, 4.69) is 20.9 Å². The molecule has 0 fully saturated rings. The second kappa shape index (κ2) is 10.3. The molecule has 3 rings (SSSR count). The fourth-order valence-corrected chi connectivity index (χ4v) is 3.32. The minimum atomic E-state index is -0.585. The molecule has 0 spiro atoms. The SMILES string of the molecule is CCOC(=O)CC(N)Cc1cc(-c2ccccc2)ccc1Oc1ncc(Br)cc1F. The van der Waals surface area contributed by atoms with Crippen LogP contribution in [-0.4, -0.2) is 23.6 Å². The molecule has 0 aliphatic carbocycles. The number of benzene rings is 2. The van der Waals surface area contributed by atoms with Gasteiger partial charge in [-0.1, -0.05) is 36.4 Å². The van der Waals surface area contributed by atoms with E-state index in [4.69, 9.17) is 15.2 Å². The molecule has 5 nitrogen and oxygen atoms in total. The van der Waals surface area contributed by atoms with Crippen molar-refractivity contribution in [1.82, 2.24) is 4.98 Å². The molecule has 0 bridgehead atoms. The van der Waals surface area contributed by atoms with Gasteiger partial charge in [0.1, 0.15) is 5.75 Å². The number of esters is 1. The maximum atomic E-state index is 14.2. The second-order valence-electron chi connectivity index (χ2n) is 6.70. The molecule has 1 unspecified atom stereocenters. The minimum absolute atomic E-state index is 0.0771. The van der Waals surface area contributed by atoms with Crippen molar-refractivity contribution in [1.29, 1.82) is 0 Å². The number of nitrogens with two attached hydrogens (primary N) is 1. The lowest BCUT2D eigenvalue weighted by Crippen LogP contribution is -2.27. The molecule has 0 saturated heterocycles. The van der Waals surface area contributed by atoms with Crippen molar-refractivity contribution in [3.63, 3.8) is 0 Å². The number of hydrogen-bond acceptors (Lipinski definition) is 5. The third-order valence-corrected chi connectivity index (χ3v) is 4.80. The summed E-state index contributed by atoms with van der Waals surface area (Å²) in [6.07, 6.45) is 1.89. The van der Waals surface area contributed by atoms with Crippen LogP contribution in [-0.2, 0) is 16.0 Å². The van der Waals surface area contributed by atoms with Crippen molar-refractivity contribution in [2.24, 2.45) is 5.73 Å². The van der Waals surface area contributed by atoms with Gasteiger partial charge in [-0.2, -0.15) is 0 Å². The molecule has 0 radical (unpaired) electrons. The molecule has 30 heavy (non-hydrogen) atoms. The maximum Gasteiger partial charge on any atom is 0.307 e. The van der Waals surface area contributed by atoms with Gasteiger partial charge in [0.25, 0.3) is 5.88 Å². The minimum Gasteiger partial charge on any atom is -0.466 e. The van der Waals surface area contributed by atoms with Crippen molar-refractivity contribution in [2.75, 3.05) is 6.61 Å². The highest BCUT2D eigenvalue weighted by atomic mass is 79.9. The van der Waals surface area contributed by atoms with Gasteiger partial charge in [0.15, 0.2) is 5.82 Å². The Morgan fingerprint density at radius 1 is 1.17 bits per heavy atom.